The summed E-state index contributed by atoms with van der Waals surface area (Å²) < 4.78 is 5.37. The summed E-state index contributed by atoms with van der Waals surface area (Å²) in [5.41, 5.74) is 7.36. The highest BCUT2D eigenvalue weighted by Gasteiger charge is 2.25. The molecule has 15 heavy (non-hydrogen) atoms. The van der Waals surface area contributed by atoms with Gasteiger partial charge in [0.25, 0.3) is 0 Å². The van der Waals surface area contributed by atoms with Crippen LogP contribution in [0.25, 0.3) is 0 Å². The van der Waals surface area contributed by atoms with Gasteiger partial charge in [-0.1, -0.05) is 18.2 Å². The minimum atomic E-state index is 0.190. The summed E-state index contributed by atoms with van der Waals surface area (Å²) in [7, 11) is 1.71. The summed E-state index contributed by atoms with van der Waals surface area (Å²) in [6, 6.07) is 8.36. The van der Waals surface area contributed by atoms with Crippen LogP contribution in [0.2, 0.25) is 0 Å². The van der Waals surface area contributed by atoms with Crippen LogP contribution in [0.1, 0.15) is 17.9 Å². The van der Waals surface area contributed by atoms with Gasteiger partial charge in [0.15, 0.2) is 0 Å². The van der Waals surface area contributed by atoms with E-state index >= 15 is 0 Å². The predicted molar refractivity (Wildman–Crippen MR) is 61.2 cm³/mol. The maximum absolute atomic E-state index is 6.12. The fourth-order valence-corrected chi connectivity index (χ4v) is 2.24. The molecule has 3 heteroatoms. The van der Waals surface area contributed by atoms with Crippen LogP contribution < -0.4 is 15.8 Å². The third-order valence-electron chi connectivity index (χ3n) is 3.07. The number of hydrogen-bond donors (Lipinski definition) is 2. The zero-order valence-electron chi connectivity index (χ0n) is 9.07. The van der Waals surface area contributed by atoms with Crippen LogP contribution in [0.5, 0.6) is 5.75 Å². The minimum Gasteiger partial charge on any atom is -0.496 e. The first-order valence-electron chi connectivity index (χ1n) is 5.42. The lowest BCUT2D eigenvalue weighted by Crippen LogP contribution is -2.44. The van der Waals surface area contributed by atoms with Gasteiger partial charge in [-0.05, 0) is 24.6 Å². The summed E-state index contributed by atoms with van der Waals surface area (Å²) in [6.07, 6.45) is 1.08. The SMILES string of the molecule is COc1ccccc1C1CCNCC1N. The number of nitrogens with one attached hydrogen (secondary N) is 1. The highest BCUT2D eigenvalue weighted by atomic mass is 16.5. The first-order chi connectivity index (χ1) is 7.33. The van der Waals surface area contributed by atoms with Crippen LogP contribution in [0.3, 0.4) is 0 Å². The fourth-order valence-electron chi connectivity index (χ4n) is 2.24. The van der Waals surface area contributed by atoms with E-state index in [1.54, 1.807) is 7.11 Å². The van der Waals surface area contributed by atoms with Crippen molar-refractivity contribution in [2.24, 2.45) is 5.73 Å². The standard InChI is InChI=1S/C12H18N2O/c1-15-12-5-3-2-4-10(12)9-6-7-14-8-11(9)13/h2-5,9,11,14H,6-8,13H2,1H3. The third-order valence-corrected chi connectivity index (χ3v) is 3.07. The molecule has 2 rings (SSSR count). The molecule has 1 aliphatic rings. The number of methoxy groups -OCH3 is 1. The Morgan fingerprint density at radius 2 is 2.20 bits per heavy atom. The Labute approximate surface area is 90.6 Å². The molecule has 3 N–H and O–H groups in total. The first-order valence-corrected chi connectivity index (χ1v) is 5.42. The molecule has 1 aliphatic heterocycles. The predicted octanol–water partition coefficient (Wildman–Crippen LogP) is 1.10. The Bertz CT molecular complexity index is 327. The van der Waals surface area contributed by atoms with Crippen LogP contribution in [-0.4, -0.2) is 26.2 Å². The molecule has 0 radical (unpaired) electrons. The van der Waals surface area contributed by atoms with Gasteiger partial charge in [0.05, 0.1) is 7.11 Å². The first kappa shape index (κ1) is 10.5. The van der Waals surface area contributed by atoms with Gasteiger partial charge in [-0.2, -0.15) is 0 Å². The van der Waals surface area contributed by atoms with Gasteiger partial charge in [-0.15, -0.1) is 0 Å². The Kier molecular flexibility index (Phi) is 3.23. The fraction of sp³-hybridized carbons (Fsp3) is 0.500. The molecule has 1 fully saturated rings. The second-order valence-corrected chi connectivity index (χ2v) is 4.01. The smallest absolute Gasteiger partial charge is 0.122 e. The monoisotopic (exact) mass is 206 g/mol. The second kappa shape index (κ2) is 4.64. The number of nitrogens with two attached hydrogens (primary N) is 1. The van der Waals surface area contributed by atoms with Crippen molar-refractivity contribution in [2.45, 2.75) is 18.4 Å². The van der Waals surface area contributed by atoms with E-state index in [1.165, 1.54) is 5.56 Å². The minimum absolute atomic E-state index is 0.190. The molecule has 0 aromatic heterocycles. The molecule has 1 aromatic carbocycles. The maximum Gasteiger partial charge on any atom is 0.122 e. The maximum atomic E-state index is 6.12. The number of hydrogen-bond acceptors (Lipinski definition) is 3. The molecule has 82 valence electrons. The van der Waals surface area contributed by atoms with Crippen LogP contribution in [0, 0.1) is 0 Å². The zero-order chi connectivity index (χ0) is 10.7. The second-order valence-electron chi connectivity index (χ2n) is 4.01. The Morgan fingerprint density at radius 3 is 2.93 bits per heavy atom. The molecular formula is C12H18N2O. The number of benzene rings is 1. The van der Waals surface area contributed by atoms with Crippen molar-refractivity contribution < 1.29 is 4.74 Å². The molecule has 0 bridgehead atoms. The molecular weight excluding hydrogens is 188 g/mol. The van der Waals surface area contributed by atoms with E-state index in [9.17, 15) is 0 Å². The lowest BCUT2D eigenvalue weighted by Gasteiger charge is -2.30. The average molecular weight is 206 g/mol. The molecule has 1 aromatic rings. The van der Waals surface area contributed by atoms with Gasteiger partial charge in [0.2, 0.25) is 0 Å². The van der Waals surface area contributed by atoms with Gasteiger partial charge >= 0.3 is 0 Å². The van der Waals surface area contributed by atoms with E-state index in [0.717, 1.165) is 25.3 Å². The lowest BCUT2D eigenvalue weighted by molar-refractivity contribution is 0.371. The summed E-state index contributed by atoms with van der Waals surface area (Å²) in [5, 5.41) is 3.31. The number of piperidine rings is 1. The largest absolute Gasteiger partial charge is 0.496 e. The van der Waals surface area contributed by atoms with Crippen LogP contribution >= 0.6 is 0 Å². The molecule has 2 unspecified atom stereocenters. The van der Waals surface area contributed by atoms with Gasteiger partial charge in [0, 0.05) is 18.5 Å². The summed E-state index contributed by atoms with van der Waals surface area (Å²) in [5.74, 6) is 1.38. The quantitative estimate of drug-likeness (QED) is 0.761. The highest BCUT2D eigenvalue weighted by molar-refractivity contribution is 5.37. The van der Waals surface area contributed by atoms with Crippen molar-refractivity contribution in [1.29, 1.82) is 0 Å². The van der Waals surface area contributed by atoms with Gasteiger partial charge < -0.3 is 15.8 Å². The van der Waals surface area contributed by atoms with Crippen molar-refractivity contribution in [3.8, 4) is 5.75 Å². The Morgan fingerprint density at radius 1 is 1.40 bits per heavy atom. The number of ether oxygens (including phenoxy) is 1. The molecule has 3 nitrogen and oxygen atoms in total. The van der Waals surface area contributed by atoms with Gasteiger partial charge in [0.1, 0.15) is 5.75 Å². The van der Waals surface area contributed by atoms with E-state index < -0.39 is 0 Å². The summed E-state index contributed by atoms with van der Waals surface area (Å²) in [4.78, 5) is 0. The van der Waals surface area contributed by atoms with E-state index in [1.807, 2.05) is 18.2 Å². The van der Waals surface area contributed by atoms with E-state index in [0.29, 0.717) is 5.92 Å². The molecule has 0 aliphatic carbocycles. The molecule has 0 amide bonds. The van der Waals surface area contributed by atoms with Crippen molar-refractivity contribution in [2.75, 3.05) is 20.2 Å². The van der Waals surface area contributed by atoms with Crippen molar-refractivity contribution in [1.82, 2.24) is 5.32 Å². The molecule has 1 saturated heterocycles. The number of rotatable bonds is 2. The van der Waals surface area contributed by atoms with Gasteiger partial charge in [-0.25, -0.2) is 0 Å². The molecule has 2 atom stereocenters. The van der Waals surface area contributed by atoms with Crippen LogP contribution in [0.15, 0.2) is 24.3 Å². The van der Waals surface area contributed by atoms with Crippen molar-refractivity contribution in [3.05, 3.63) is 29.8 Å². The van der Waals surface area contributed by atoms with Crippen LogP contribution in [-0.2, 0) is 0 Å². The van der Waals surface area contributed by atoms with E-state index in [2.05, 4.69) is 11.4 Å². The van der Waals surface area contributed by atoms with E-state index in [-0.39, 0.29) is 6.04 Å². The third kappa shape index (κ3) is 2.13. The lowest BCUT2D eigenvalue weighted by atomic mass is 9.86. The summed E-state index contributed by atoms with van der Waals surface area (Å²) in [6.45, 7) is 1.93. The Balaban J connectivity index is 2.26. The van der Waals surface area contributed by atoms with E-state index in [4.69, 9.17) is 10.5 Å². The van der Waals surface area contributed by atoms with Gasteiger partial charge in [-0.3, -0.25) is 0 Å². The molecule has 0 spiro atoms. The van der Waals surface area contributed by atoms with Crippen molar-refractivity contribution in [3.63, 3.8) is 0 Å². The zero-order valence-corrected chi connectivity index (χ0v) is 9.07. The topological polar surface area (TPSA) is 47.3 Å². The summed E-state index contributed by atoms with van der Waals surface area (Å²) >= 11 is 0. The molecule has 0 saturated carbocycles. The normalized spacial score (nSPS) is 26.3. The molecule has 1 heterocycles. The van der Waals surface area contributed by atoms with Crippen molar-refractivity contribution >= 4 is 0 Å². The Hall–Kier alpha value is -1.06. The average Bonchev–Trinajstić information content (AvgIpc) is 2.30. The van der Waals surface area contributed by atoms with Crippen LogP contribution in [0.4, 0.5) is 0 Å². The number of para-hydroxylation sites is 1. The highest BCUT2D eigenvalue weighted by Crippen LogP contribution is 2.31.